The Morgan fingerprint density at radius 3 is 1.56 bits per heavy atom. The van der Waals surface area contributed by atoms with Gasteiger partial charge in [0.05, 0.1) is 59.6 Å². The van der Waals surface area contributed by atoms with Crippen LogP contribution in [0, 0.1) is 0 Å². The number of nitrogens with zero attached hydrogens (tertiary/aromatic N) is 4. The lowest BCUT2D eigenvalue weighted by molar-refractivity contribution is -0.160. The van der Waals surface area contributed by atoms with Gasteiger partial charge in [0.2, 0.25) is 17.7 Å². The van der Waals surface area contributed by atoms with Crippen LogP contribution in [0.15, 0.2) is 18.2 Å². The summed E-state index contributed by atoms with van der Waals surface area (Å²) in [6.07, 6.45) is 13.7. The Bertz CT molecular complexity index is 2270. The minimum absolute atomic E-state index is 0.0132. The number of carbonyl (C=O) groups excluding carboxylic acids is 5. The number of aliphatic carboxylic acids is 4. The lowest BCUT2D eigenvalue weighted by atomic mass is 10.0. The number of thiocarbonyl (C=S) groups is 1. The lowest BCUT2D eigenvalue weighted by Gasteiger charge is -2.35. The summed E-state index contributed by atoms with van der Waals surface area (Å²) in [7, 11) is -3.41. The minimum Gasteiger partial charge on any atom is -0.496 e. The Labute approximate surface area is 495 Å². The average molecular weight is 1230 g/mol. The Morgan fingerprint density at radius 1 is 0.631 bits per heavy atom. The molecule has 0 aliphatic carbocycles. The summed E-state index contributed by atoms with van der Waals surface area (Å²) < 4.78 is 38.2. The Morgan fingerprint density at radius 2 is 1.10 bits per heavy atom. The van der Waals surface area contributed by atoms with Crippen LogP contribution in [0.2, 0.25) is 0 Å². The Balaban J connectivity index is 1.83. The van der Waals surface area contributed by atoms with Gasteiger partial charge in [-0.25, -0.2) is 4.57 Å². The number of phosphoric acid groups is 1. The molecule has 10 N–H and O–H groups in total. The van der Waals surface area contributed by atoms with E-state index >= 15 is 0 Å². The quantitative estimate of drug-likeness (QED) is 0.0194. The fourth-order valence-corrected chi connectivity index (χ4v) is 9.62. The highest BCUT2D eigenvalue weighted by Crippen LogP contribution is 2.43. The number of carboxylic acid groups (broad SMARTS) is 4. The molecule has 1 aliphatic heterocycles. The van der Waals surface area contributed by atoms with Crippen LogP contribution in [0.5, 0.6) is 5.75 Å². The van der Waals surface area contributed by atoms with E-state index < -0.39 is 126 Å². The largest absolute Gasteiger partial charge is 0.496 e. The van der Waals surface area contributed by atoms with Crippen LogP contribution in [0.3, 0.4) is 0 Å². The highest BCUT2D eigenvalue weighted by atomic mass is 32.1. The van der Waals surface area contributed by atoms with E-state index in [1.165, 1.54) is 76.7 Å². The molecule has 1 aromatic carbocycles. The van der Waals surface area contributed by atoms with Crippen LogP contribution in [0.4, 0.5) is 5.69 Å². The molecule has 0 bridgehead atoms. The second-order valence-corrected chi connectivity index (χ2v) is 21.8. The smallest absolute Gasteiger partial charge is 0.472 e. The van der Waals surface area contributed by atoms with Crippen molar-refractivity contribution in [1.29, 1.82) is 0 Å². The third-order valence-corrected chi connectivity index (χ3v) is 14.2. The molecule has 0 radical (unpaired) electrons. The zero-order valence-corrected chi connectivity index (χ0v) is 50.2. The maximum atomic E-state index is 13.2. The van der Waals surface area contributed by atoms with E-state index in [4.69, 9.17) is 35.5 Å². The molecule has 2 rings (SSSR count). The van der Waals surface area contributed by atoms with Gasteiger partial charge in [-0.3, -0.25) is 71.8 Å². The summed E-state index contributed by atoms with van der Waals surface area (Å²) in [4.78, 5) is 126. The molecule has 1 heterocycles. The highest BCUT2D eigenvalue weighted by molar-refractivity contribution is 7.80. The van der Waals surface area contributed by atoms with Crippen molar-refractivity contribution in [2.45, 2.75) is 116 Å². The van der Waals surface area contributed by atoms with E-state index in [0.29, 0.717) is 6.42 Å². The molecule has 0 saturated carbocycles. The maximum absolute atomic E-state index is 13.2. The topological polar surface area (TPSA) is 391 Å². The minimum atomic E-state index is -4.74. The number of esters is 2. The third kappa shape index (κ3) is 35.2. The van der Waals surface area contributed by atoms with E-state index in [2.05, 4.69) is 33.5 Å². The molecule has 1 fully saturated rings. The average Bonchev–Trinajstić information content (AvgIpc) is 2.71. The van der Waals surface area contributed by atoms with Crippen molar-refractivity contribution in [2.75, 3.05) is 130 Å². The van der Waals surface area contributed by atoms with Crippen LogP contribution in [-0.2, 0) is 66.2 Å². The van der Waals surface area contributed by atoms with Gasteiger partial charge in [0.1, 0.15) is 18.4 Å². The number of benzene rings is 1. The van der Waals surface area contributed by atoms with Gasteiger partial charge in [-0.1, -0.05) is 84.0 Å². The van der Waals surface area contributed by atoms with Gasteiger partial charge in [0.25, 0.3) is 0 Å². The van der Waals surface area contributed by atoms with Crippen molar-refractivity contribution in [3.8, 4) is 5.75 Å². The molecule has 1 aliphatic rings. The number of rotatable bonds is 41. The van der Waals surface area contributed by atoms with E-state index in [1.807, 2.05) is 0 Å². The van der Waals surface area contributed by atoms with E-state index in [9.17, 15) is 73.0 Å². The molecule has 31 heteroatoms. The number of anilines is 1. The molecule has 3 atom stereocenters. The van der Waals surface area contributed by atoms with Crippen LogP contribution in [0.25, 0.3) is 0 Å². The monoisotopic (exact) mass is 1230 g/mol. The molecule has 29 nitrogen and oxygen atoms in total. The van der Waals surface area contributed by atoms with Crippen molar-refractivity contribution >= 4 is 84.4 Å². The first-order valence-electron chi connectivity index (χ1n) is 28.3. The number of hydrogen-bond acceptors (Lipinski definition) is 20. The van der Waals surface area contributed by atoms with Crippen LogP contribution in [-0.4, -0.2) is 235 Å². The number of carbonyl (C=O) groups is 9. The summed E-state index contributed by atoms with van der Waals surface area (Å²) in [5.41, 5.74) is 0.413. The van der Waals surface area contributed by atoms with Crippen LogP contribution in [0.1, 0.15) is 115 Å². The number of methoxy groups -OCH3 is 1. The fraction of sp³-hybridized carbons (Fsp3) is 0.698. The van der Waals surface area contributed by atoms with E-state index in [0.717, 1.165) is 32.6 Å². The van der Waals surface area contributed by atoms with Gasteiger partial charge in [-0.2, -0.15) is 0 Å². The third-order valence-electron chi connectivity index (χ3n) is 13.0. The van der Waals surface area contributed by atoms with Crippen molar-refractivity contribution < 1.29 is 96.3 Å². The summed E-state index contributed by atoms with van der Waals surface area (Å²) in [6, 6.07) is 3.04. The maximum Gasteiger partial charge on any atom is 0.472 e. The normalized spacial score (nSPS) is 15.3. The first kappa shape index (κ1) is 74.0. The number of ether oxygens (including phenoxy) is 3. The molecule has 1 saturated heterocycles. The zero-order valence-electron chi connectivity index (χ0n) is 48.5. The van der Waals surface area contributed by atoms with Gasteiger partial charge in [-0.05, 0) is 36.8 Å². The Kier molecular flexibility index (Phi) is 37.6. The standard InChI is InChI=1S/C53H88N9O20PS/c1-4-5-6-7-8-9-10-11-12-13-14-15-16-17-50(73)82-41(37-79-39(2)63)38-81-83(76,77)80-29-20-54-44(64)31-55-45(65)32-56-46(66)33-57-53(84)58-40-18-19-43(78-3)42(30-40)51(52(74)75)62-27-25-60(35-48(69)70)23-21-59(34-47(67)68)22-24-61(26-28-62)36-49(71)72/h18-19,30,41,51H,4-17,20-29,31-38H2,1-3H3,(H,54,64)(H,55,65)(H,56,66)(H,67,68)(H,69,70)(H,71,72)(H,74,75)(H,76,77)(H2,57,58,84). The summed E-state index contributed by atoms with van der Waals surface area (Å²) >= 11 is 5.37. The summed E-state index contributed by atoms with van der Waals surface area (Å²) in [5, 5.41) is 51.9. The predicted molar refractivity (Wildman–Crippen MR) is 309 cm³/mol. The van der Waals surface area contributed by atoms with Crippen molar-refractivity contribution in [1.82, 2.24) is 40.9 Å². The SMILES string of the molecule is CCCCCCCCCCCCCCCC(=O)OC(COC(C)=O)COP(=O)(O)OCCNC(=O)CNC(=O)CNC(=O)CNC(=S)Nc1ccc(OC)c(C(C(=O)O)N2CCN(CC(=O)O)CCN(CC(=O)O)CCN(CC(=O)O)CC2)c1. The summed E-state index contributed by atoms with van der Waals surface area (Å²) in [6.45, 7) is -0.622. The number of nitrogens with one attached hydrogen (secondary N) is 5. The molecule has 3 unspecified atom stereocenters. The highest BCUT2D eigenvalue weighted by Gasteiger charge is 2.33. The Hall–Kier alpha value is -6.11. The number of carboxylic acids is 4. The van der Waals surface area contributed by atoms with Gasteiger partial charge < -0.3 is 66.1 Å². The van der Waals surface area contributed by atoms with Crippen molar-refractivity contribution in [3.63, 3.8) is 0 Å². The van der Waals surface area contributed by atoms with E-state index in [-0.39, 0.29) is 94.0 Å². The van der Waals surface area contributed by atoms with Gasteiger partial charge in [0.15, 0.2) is 11.2 Å². The lowest BCUT2D eigenvalue weighted by Crippen LogP contribution is -2.49. The number of phosphoric ester groups is 1. The van der Waals surface area contributed by atoms with Gasteiger partial charge in [-0.15, -0.1) is 0 Å². The second-order valence-electron chi connectivity index (χ2n) is 20.0. The molecule has 1 aromatic rings. The molecule has 3 amide bonds. The number of amides is 3. The second kappa shape index (κ2) is 42.7. The predicted octanol–water partition coefficient (Wildman–Crippen LogP) is 2.02. The first-order chi connectivity index (χ1) is 40.0. The molecular weight excluding hydrogens is 1150 g/mol. The van der Waals surface area contributed by atoms with Gasteiger partial charge >= 0.3 is 43.6 Å². The zero-order chi connectivity index (χ0) is 62.3. The van der Waals surface area contributed by atoms with Crippen molar-refractivity contribution in [2.24, 2.45) is 0 Å². The molecule has 0 spiro atoms. The molecule has 0 aromatic heterocycles. The number of hydrogen-bond donors (Lipinski definition) is 10. The summed E-state index contributed by atoms with van der Waals surface area (Å²) in [5.74, 6) is -7.97. The van der Waals surface area contributed by atoms with Gasteiger partial charge in [0, 0.05) is 83.5 Å². The number of unbranched alkanes of at least 4 members (excludes halogenated alkanes) is 12. The van der Waals surface area contributed by atoms with Crippen molar-refractivity contribution in [3.05, 3.63) is 23.8 Å². The molecule has 476 valence electrons. The van der Waals surface area contributed by atoms with E-state index in [1.54, 1.807) is 19.6 Å². The van der Waals surface area contributed by atoms with Crippen LogP contribution < -0.4 is 31.3 Å². The first-order valence-corrected chi connectivity index (χ1v) is 30.2. The van der Waals surface area contributed by atoms with Crippen LogP contribution >= 0.6 is 20.0 Å². The molecular formula is C53H88N9O20PS. The fourth-order valence-electron chi connectivity index (χ4n) is 8.68. The molecule has 84 heavy (non-hydrogen) atoms.